The van der Waals surface area contributed by atoms with Crippen molar-refractivity contribution >= 4 is 38.9 Å². The van der Waals surface area contributed by atoms with Crippen LogP contribution < -0.4 is 9.64 Å². The maximum absolute atomic E-state index is 12.7. The molecule has 0 aliphatic carbocycles. The number of fused-ring (bicyclic) bond motifs is 1. The highest BCUT2D eigenvalue weighted by Gasteiger charge is 2.27. The Morgan fingerprint density at radius 2 is 1.97 bits per heavy atom. The molecule has 0 saturated carbocycles. The van der Waals surface area contributed by atoms with Gasteiger partial charge in [-0.25, -0.2) is 4.98 Å². The van der Waals surface area contributed by atoms with Gasteiger partial charge in [-0.2, -0.15) is 0 Å². The van der Waals surface area contributed by atoms with E-state index in [0.717, 1.165) is 42.6 Å². The van der Waals surface area contributed by atoms with Gasteiger partial charge in [0, 0.05) is 21.1 Å². The van der Waals surface area contributed by atoms with E-state index in [0.29, 0.717) is 12.3 Å². The van der Waals surface area contributed by atoms with Crippen LogP contribution in [-0.2, 0) is 11.3 Å². The highest BCUT2D eigenvalue weighted by molar-refractivity contribution is 9.10. The number of benzene rings is 2. The number of carbonyl (C=O) groups excluding carboxylic acids is 1. The molecule has 0 radical (unpaired) electrons. The molecule has 0 saturated heterocycles. The van der Waals surface area contributed by atoms with Crippen LogP contribution in [0.5, 0.6) is 5.75 Å². The number of ether oxygens (including phenoxy) is 1. The summed E-state index contributed by atoms with van der Waals surface area (Å²) < 4.78 is 6.70. The zero-order valence-corrected chi connectivity index (χ0v) is 19.1. The average Bonchev–Trinajstić information content (AvgIpc) is 3.19. The number of aromatic nitrogens is 2. The molecule has 5 rings (SSSR count). The first-order valence-electron chi connectivity index (χ1n) is 9.79. The highest BCUT2D eigenvalue weighted by atomic mass is 79.9. The van der Waals surface area contributed by atoms with Crippen molar-refractivity contribution in [2.45, 2.75) is 13.5 Å². The van der Waals surface area contributed by atoms with Crippen molar-refractivity contribution in [1.29, 1.82) is 0 Å². The van der Waals surface area contributed by atoms with Crippen LogP contribution in [0.4, 0.5) is 5.69 Å². The van der Waals surface area contributed by atoms with Crippen molar-refractivity contribution < 1.29 is 9.53 Å². The molecule has 4 aromatic rings. The van der Waals surface area contributed by atoms with E-state index in [4.69, 9.17) is 9.72 Å². The Morgan fingerprint density at radius 3 is 2.74 bits per heavy atom. The van der Waals surface area contributed by atoms with E-state index in [1.54, 1.807) is 22.4 Å². The van der Waals surface area contributed by atoms with Gasteiger partial charge < -0.3 is 9.64 Å². The minimum absolute atomic E-state index is 0.0441. The molecule has 0 unspecified atom stereocenters. The SMILES string of the molecule is Cc1sc(-c2ccccn2)nc1-c1ccc2c(c1)N(Cc1ccc(Br)cc1)C(=O)CO2. The van der Waals surface area contributed by atoms with Crippen LogP contribution >= 0.6 is 27.3 Å². The van der Waals surface area contributed by atoms with Crippen LogP contribution in [0, 0.1) is 6.92 Å². The first-order chi connectivity index (χ1) is 15.1. The third kappa shape index (κ3) is 3.98. The minimum Gasteiger partial charge on any atom is -0.482 e. The zero-order valence-electron chi connectivity index (χ0n) is 16.7. The van der Waals surface area contributed by atoms with Gasteiger partial charge in [0.2, 0.25) is 0 Å². The monoisotopic (exact) mass is 491 g/mol. The van der Waals surface area contributed by atoms with Gasteiger partial charge in [0.25, 0.3) is 5.91 Å². The standard InChI is InChI=1S/C24H18BrN3O2S/c1-15-23(27-24(31-15)19-4-2-3-11-26-19)17-7-10-21-20(12-17)28(22(29)14-30-21)13-16-5-8-18(25)9-6-16/h2-12H,13-14H2,1H3. The molecule has 0 N–H and O–H groups in total. The van der Waals surface area contributed by atoms with Crippen LogP contribution in [0.3, 0.4) is 0 Å². The lowest BCUT2D eigenvalue weighted by atomic mass is 10.1. The van der Waals surface area contributed by atoms with Gasteiger partial charge in [0.1, 0.15) is 10.8 Å². The molecule has 0 atom stereocenters. The van der Waals surface area contributed by atoms with Gasteiger partial charge in [0.05, 0.1) is 23.6 Å². The summed E-state index contributed by atoms with van der Waals surface area (Å²) in [5, 5.41) is 0.880. The van der Waals surface area contributed by atoms with Gasteiger partial charge in [-0.15, -0.1) is 11.3 Å². The predicted octanol–water partition coefficient (Wildman–Crippen LogP) is 5.87. The van der Waals surface area contributed by atoms with Crippen molar-refractivity contribution in [2.24, 2.45) is 0 Å². The summed E-state index contributed by atoms with van der Waals surface area (Å²) in [6.45, 7) is 2.59. The fourth-order valence-corrected chi connectivity index (χ4v) is 4.74. The maximum Gasteiger partial charge on any atom is 0.265 e. The van der Waals surface area contributed by atoms with Gasteiger partial charge in [-0.05, 0) is 55.0 Å². The highest BCUT2D eigenvalue weighted by Crippen LogP contribution is 2.39. The quantitative estimate of drug-likeness (QED) is 0.358. The third-order valence-electron chi connectivity index (χ3n) is 5.11. The Bertz CT molecular complexity index is 1260. The van der Waals surface area contributed by atoms with Crippen molar-refractivity contribution in [1.82, 2.24) is 9.97 Å². The number of rotatable bonds is 4. The molecule has 1 aliphatic rings. The number of thiazole rings is 1. The molecule has 0 spiro atoms. The Morgan fingerprint density at radius 1 is 1.13 bits per heavy atom. The van der Waals surface area contributed by atoms with Crippen LogP contribution in [0.15, 0.2) is 71.3 Å². The number of hydrogen-bond donors (Lipinski definition) is 0. The smallest absolute Gasteiger partial charge is 0.265 e. The van der Waals surface area contributed by atoms with E-state index in [2.05, 4.69) is 27.8 Å². The van der Waals surface area contributed by atoms with Gasteiger partial charge >= 0.3 is 0 Å². The van der Waals surface area contributed by atoms with Crippen LogP contribution in [0.25, 0.3) is 22.0 Å². The topological polar surface area (TPSA) is 55.3 Å². The third-order valence-corrected chi connectivity index (χ3v) is 6.63. The minimum atomic E-state index is -0.0586. The van der Waals surface area contributed by atoms with Crippen molar-refractivity contribution in [3.63, 3.8) is 0 Å². The number of pyridine rings is 1. The van der Waals surface area contributed by atoms with Gasteiger partial charge in [-0.3, -0.25) is 9.78 Å². The fraction of sp³-hybridized carbons (Fsp3) is 0.125. The summed E-state index contributed by atoms with van der Waals surface area (Å²) in [5.41, 5.74) is 4.53. The van der Waals surface area contributed by atoms with Crippen LogP contribution in [0.2, 0.25) is 0 Å². The molecule has 31 heavy (non-hydrogen) atoms. The molecule has 0 fully saturated rings. The summed E-state index contributed by atoms with van der Waals surface area (Å²) in [6.07, 6.45) is 1.77. The lowest BCUT2D eigenvalue weighted by Crippen LogP contribution is -2.38. The lowest BCUT2D eigenvalue weighted by molar-refractivity contribution is -0.121. The Labute approximate surface area is 192 Å². The number of aryl methyl sites for hydroxylation is 1. The van der Waals surface area contributed by atoms with Gasteiger partial charge in [-0.1, -0.05) is 34.1 Å². The second-order valence-corrected chi connectivity index (χ2v) is 9.34. The fourth-order valence-electron chi connectivity index (χ4n) is 3.56. The zero-order chi connectivity index (χ0) is 21.4. The summed E-state index contributed by atoms with van der Waals surface area (Å²) in [7, 11) is 0. The second kappa shape index (κ2) is 8.24. The average molecular weight is 492 g/mol. The summed E-state index contributed by atoms with van der Waals surface area (Å²) in [4.78, 5) is 24.8. The molecule has 2 aromatic carbocycles. The number of carbonyl (C=O) groups is 1. The van der Waals surface area contributed by atoms with Gasteiger partial charge in [0.15, 0.2) is 6.61 Å². The molecule has 2 aromatic heterocycles. The number of anilines is 1. The largest absolute Gasteiger partial charge is 0.482 e. The van der Waals surface area contributed by atoms with E-state index >= 15 is 0 Å². The first kappa shape index (κ1) is 19.9. The molecule has 0 bridgehead atoms. The summed E-state index contributed by atoms with van der Waals surface area (Å²) in [5.74, 6) is 0.648. The van der Waals surface area contributed by atoms with Crippen LogP contribution in [-0.4, -0.2) is 22.5 Å². The molecule has 1 aliphatic heterocycles. The molecule has 5 nitrogen and oxygen atoms in total. The van der Waals surface area contributed by atoms with Crippen molar-refractivity contribution in [2.75, 3.05) is 11.5 Å². The van der Waals surface area contributed by atoms with E-state index in [-0.39, 0.29) is 12.5 Å². The normalized spacial score (nSPS) is 13.1. The maximum atomic E-state index is 12.7. The number of halogens is 1. The van der Waals surface area contributed by atoms with Crippen molar-refractivity contribution in [3.05, 3.63) is 81.8 Å². The van der Waals surface area contributed by atoms with E-state index < -0.39 is 0 Å². The number of amides is 1. The molecular weight excluding hydrogens is 474 g/mol. The second-order valence-electron chi connectivity index (χ2n) is 7.22. The lowest BCUT2D eigenvalue weighted by Gasteiger charge is -2.30. The summed E-state index contributed by atoms with van der Waals surface area (Å²) >= 11 is 5.07. The molecule has 1 amide bonds. The Kier molecular flexibility index (Phi) is 5.29. The van der Waals surface area contributed by atoms with Crippen LogP contribution in [0.1, 0.15) is 10.4 Å². The number of hydrogen-bond acceptors (Lipinski definition) is 5. The molecule has 7 heteroatoms. The summed E-state index contributed by atoms with van der Waals surface area (Å²) in [6, 6.07) is 19.7. The van der Waals surface area contributed by atoms with E-state index in [9.17, 15) is 4.79 Å². The Hall–Kier alpha value is -3.03. The predicted molar refractivity (Wildman–Crippen MR) is 126 cm³/mol. The van der Waals surface area contributed by atoms with E-state index in [1.165, 1.54) is 0 Å². The first-order valence-corrected chi connectivity index (χ1v) is 11.4. The molecule has 3 heterocycles. The molecule has 154 valence electrons. The number of nitrogens with zero attached hydrogens (tertiary/aromatic N) is 3. The Balaban J connectivity index is 1.52. The van der Waals surface area contributed by atoms with Crippen molar-refractivity contribution in [3.8, 4) is 27.7 Å². The van der Waals surface area contributed by atoms with E-state index in [1.807, 2.05) is 60.7 Å². The molecular formula is C24H18BrN3O2S.